The molecule has 0 unspecified atom stereocenters. The van der Waals surface area contributed by atoms with Gasteiger partial charge in [0.2, 0.25) is 0 Å². The van der Waals surface area contributed by atoms with Crippen LogP contribution in [-0.2, 0) is 18.5 Å². The van der Waals surface area contributed by atoms with E-state index in [4.69, 9.17) is 5.11 Å². The molecule has 3 aromatic rings. The standard InChI is InChI=1S/C20H25N5O2/c1-20(2,3)18-10-17(23-24-18)12-21-19(27)15-6-4-14(5-7-15)16-11-22-25(13-16)8-9-26/h4-7,10-11,13,26H,8-9,12H2,1-3H3,(H,21,27)(H,23,24). The van der Waals surface area contributed by atoms with E-state index >= 15 is 0 Å². The summed E-state index contributed by atoms with van der Waals surface area (Å²) in [5, 5.41) is 23.3. The summed E-state index contributed by atoms with van der Waals surface area (Å²) in [6, 6.07) is 9.35. The molecule has 2 heterocycles. The van der Waals surface area contributed by atoms with Crippen molar-refractivity contribution in [2.24, 2.45) is 0 Å². The van der Waals surface area contributed by atoms with Crippen LogP contribution in [0.15, 0.2) is 42.7 Å². The van der Waals surface area contributed by atoms with Gasteiger partial charge in [0.15, 0.2) is 0 Å². The number of aliphatic hydroxyl groups excluding tert-OH is 1. The molecule has 0 bridgehead atoms. The summed E-state index contributed by atoms with van der Waals surface area (Å²) in [4.78, 5) is 12.4. The van der Waals surface area contributed by atoms with E-state index in [1.54, 1.807) is 23.0 Å². The number of amides is 1. The van der Waals surface area contributed by atoms with Crippen LogP contribution in [0.2, 0.25) is 0 Å². The maximum absolute atomic E-state index is 12.4. The van der Waals surface area contributed by atoms with Crippen molar-refractivity contribution in [2.75, 3.05) is 6.61 Å². The third-order valence-corrected chi connectivity index (χ3v) is 4.28. The monoisotopic (exact) mass is 367 g/mol. The quantitative estimate of drug-likeness (QED) is 0.624. The van der Waals surface area contributed by atoms with Gasteiger partial charge in [-0.25, -0.2) is 0 Å². The Morgan fingerprint density at radius 2 is 1.96 bits per heavy atom. The van der Waals surface area contributed by atoms with Crippen molar-refractivity contribution >= 4 is 5.91 Å². The van der Waals surface area contributed by atoms with Crippen molar-refractivity contribution in [1.29, 1.82) is 0 Å². The molecule has 2 aromatic heterocycles. The minimum atomic E-state index is -0.135. The second-order valence-electron chi connectivity index (χ2n) is 7.50. The highest BCUT2D eigenvalue weighted by Crippen LogP contribution is 2.21. The molecule has 142 valence electrons. The number of nitrogens with zero attached hydrogens (tertiary/aromatic N) is 3. The highest BCUT2D eigenvalue weighted by atomic mass is 16.3. The van der Waals surface area contributed by atoms with Crippen molar-refractivity contribution in [3.8, 4) is 11.1 Å². The van der Waals surface area contributed by atoms with E-state index in [-0.39, 0.29) is 17.9 Å². The molecule has 0 fully saturated rings. The van der Waals surface area contributed by atoms with Crippen LogP contribution in [0, 0.1) is 0 Å². The van der Waals surface area contributed by atoms with Gasteiger partial charge in [0.1, 0.15) is 0 Å². The van der Waals surface area contributed by atoms with Crippen LogP contribution in [-0.4, -0.2) is 37.6 Å². The smallest absolute Gasteiger partial charge is 0.251 e. The van der Waals surface area contributed by atoms with E-state index in [1.165, 1.54) is 0 Å². The first-order valence-corrected chi connectivity index (χ1v) is 8.93. The molecule has 1 amide bonds. The average molecular weight is 367 g/mol. The molecule has 0 aliphatic rings. The summed E-state index contributed by atoms with van der Waals surface area (Å²) < 4.78 is 1.69. The minimum Gasteiger partial charge on any atom is -0.394 e. The van der Waals surface area contributed by atoms with Crippen molar-refractivity contribution in [3.05, 3.63) is 59.7 Å². The Kier molecular flexibility index (Phi) is 5.41. The van der Waals surface area contributed by atoms with E-state index in [1.807, 2.05) is 24.4 Å². The van der Waals surface area contributed by atoms with Crippen molar-refractivity contribution in [2.45, 2.75) is 39.3 Å². The predicted molar refractivity (Wildman–Crippen MR) is 103 cm³/mol. The summed E-state index contributed by atoms with van der Waals surface area (Å²) in [5.41, 5.74) is 4.33. The normalized spacial score (nSPS) is 11.6. The number of hydrogen-bond acceptors (Lipinski definition) is 4. The molecule has 3 N–H and O–H groups in total. The Hall–Kier alpha value is -2.93. The number of carbonyl (C=O) groups is 1. The topological polar surface area (TPSA) is 95.8 Å². The fraction of sp³-hybridized carbons (Fsp3) is 0.350. The highest BCUT2D eigenvalue weighted by molar-refractivity contribution is 5.94. The first-order valence-electron chi connectivity index (χ1n) is 8.93. The Morgan fingerprint density at radius 1 is 1.22 bits per heavy atom. The Labute approximate surface area is 158 Å². The van der Waals surface area contributed by atoms with Crippen molar-refractivity contribution in [3.63, 3.8) is 0 Å². The number of benzene rings is 1. The van der Waals surface area contributed by atoms with Crippen LogP contribution in [0.5, 0.6) is 0 Å². The third-order valence-electron chi connectivity index (χ3n) is 4.28. The second kappa shape index (κ2) is 7.75. The zero-order valence-electron chi connectivity index (χ0n) is 15.9. The lowest BCUT2D eigenvalue weighted by Crippen LogP contribution is -2.22. The molecule has 3 rings (SSSR count). The van der Waals surface area contributed by atoms with Gasteiger partial charge >= 0.3 is 0 Å². The summed E-state index contributed by atoms with van der Waals surface area (Å²) >= 11 is 0. The number of aromatic nitrogens is 4. The lowest BCUT2D eigenvalue weighted by molar-refractivity contribution is 0.0950. The summed E-state index contributed by atoms with van der Waals surface area (Å²) in [5.74, 6) is -0.135. The third kappa shape index (κ3) is 4.62. The molecule has 1 aromatic carbocycles. The largest absolute Gasteiger partial charge is 0.394 e. The summed E-state index contributed by atoms with van der Waals surface area (Å²) in [6.45, 7) is 7.21. The zero-order chi connectivity index (χ0) is 19.4. The van der Waals surface area contributed by atoms with E-state index in [0.717, 1.165) is 22.5 Å². The Balaban J connectivity index is 1.61. The van der Waals surface area contributed by atoms with Gasteiger partial charge < -0.3 is 10.4 Å². The van der Waals surface area contributed by atoms with Crippen LogP contribution < -0.4 is 5.32 Å². The van der Waals surface area contributed by atoms with Gasteiger partial charge in [0.05, 0.1) is 37.3 Å². The average Bonchev–Trinajstić information content (AvgIpc) is 3.29. The van der Waals surface area contributed by atoms with Crippen LogP contribution in [0.4, 0.5) is 0 Å². The molecule has 0 atom stereocenters. The van der Waals surface area contributed by atoms with E-state index < -0.39 is 0 Å². The molecule has 0 aliphatic heterocycles. The molecule has 7 nitrogen and oxygen atoms in total. The first-order chi connectivity index (χ1) is 12.9. The predicted octanol–water partition coefficient (Wildman–Crippen LogP) is 2.49. The van der Waals surface area contributed by atoms with Gasteiger partial charge in [0, 0.05) is 22.7 Å². The highest BCUT2D eigenvalue weighted by Gasteiger charge is 2.17. The lowest BCUT2D eigenvalue weighted by Gasteiger charge is -2.13. The maximum atomic E-state index is 12.4. The fourth-order valence-corrected chi connectivity index (χ4v) is 2.67. The molecular formula is C20H25N5O2. The molecule has 0 radical (unpaired) electrons. The Bertz CT molecular complexity index is 903. The first kappa shape index (κ1) is 18.8. The molecule has 27 heavy (non-hydrogen) atoms. The van der Waals surface area contributed by atoms with E-state index in [0.29, 0.717) is 18.7 Å². The summed E-state index contributed by atoms with van der Waals surface area (Å²) in [6.07, 6.45) is 3.62. The zero-order valence-corrected chi connectivity index (χ0v) is 15.9. The lowest BCUT2D eigenvalue weighted by atomic mass is 9.92. The number of carbonyl (C=O) groups excluding carboxylic acids is 1. The van der Waals surface area contributed by atoms with Gasteiger partial charge in [-0.2, -0.15) is 10.2 Å². The summed E-state index contributed by atoms with van der Waals surface area (Å²) in [7, 11) is 0. The van der Waals surface area contributed by atoms with Crippen LogP contribution in [0.25, 0.3) is 11.1 Å². The fourth-order valence-electron chi connectivity index (χ4n) is 2.67. The number of nitrogens with one attached hydrogen (secondary N) is 2. The molecule has 7 heteroatoms. The van der Waals surface area contributed by atoms with Gasteiger partial charge in [-0.05, 0) is 23.8 Å². The molecular weight excluding hydrogens is 342 g/mol. The van der Waals surface area contributed by atoms with E-state index in [9.17, 15) is 4.79 Å². The molecule has 0 saturated carbocycles. The number of aliphatic hydroxyl groups is 1. The number of hydrogen-bond donors (Lipinski definition) is 3. The Morgan fingerprint density at radius 3 is 2.59 bits per heavy atom. The van der Waals surface area contributed by atoms with Crippen molar-refractivity contribution < 1.29 is 9.90 Å². The van der Waals surface area contributed by atoms with Crippen molar-refractivity contribution in [1.82, 2.24) is 25.3 Å². The maximum Gasteiger partial charge on any atom is 0.251 e. The second-order valence-corrected chi connectivity index (χ2v) is 7.50. The SMILES string of the molecule is CC(C)(C)c1cc(CNC(=O)c2ccc(-c3cnn(CCO)c3)cc2)[nH]n1. The van der Waals surface area contributed by atoms with Gasteiger partial charge in [-0.15, -0.1) is 0 Å². The number of aromatic amines is 1. The van der Waals surface area contributed by atoms with Gasteiger partial charge in [-0.3, -0.25) is 14.6 Å². The van der Waals surface area contributed by atoms with Gasteiger partial charge in [0.25, 0.3) is 5.91 Å². The number of rotatable bonds is 6. The van der Waals surface area contributed by atoms with Gasteiger partial charge in [-0.1, -0.05) is 32.9 Å². The molecule has 0 aliphatic carbocycles. The van der Waals surface area contributed by atoms with Crippen LogP contribution >= 0.6 is 0 Å². The minimum absolute atomic E-state index is 0.0282. The molecule has 0 saturated heterocycles. The van der Waals surface area contributed by atoms with Crippen LogP contribution in [0.3, 0.4) is 0 Å². The van der Waals surface area contributed by atoms with Crippen LogP contribution in [0.1, 0.15) is 42.5 Å². The van der Waals surface area contributed by atoms with E-state index in [2.05, 4.69) is 41.4 Å². The number of H-pyrrole nitrogens is 1. The molecule has 0 spiro atoms.